The third-order valence-electron chi connectivity index (χ3n) is 4.87. The lowest BCUT2D eigenvalue weighted by molar-refractivity contribution is 0.106. The zero-order chi connectivity index (χ0) is 13.2. The fourth-order valence-corrected chi connectivity index (χ4v) is 3.91. The molecule has 1 aromatic rings. The summed E-state index contributed by atoms with van der Waals surface area (Å²) in [5.41, 5.74) is 3.19. The van der Waals surface area contributed by atoms with Gasteiger partial charge in [-0.25, -0.2) is 0 Å². The topological polar surface area (TPSA) is 21.3 Å². The number of hydrogen-bond acceptors (Lipinski definition) is 2. The highest BCUT2D eigenvalue weighted by Crippen LogP contribution is 2.61. The third-order valence-corrected chi connectivity index (χ3v) is 4.87. The SMILES string of the molecule is CCCOCC(NC)C1C2CCc3ccccc3C21. The summed E-state index contributed by atoms with van der Waals surface area (Å²) in [6, 6.07) is 9.54. The number of fused-ring (bicyclic) bond motifs is 3. The van der Waals surface area contributed by atoms with Crippen LogP contribution in [-0.4, -0.2) is 26.3 Å². The maximum absolute atomic E-state index is 5.77. The minimum atomic E-state index is 0.521. The molecule has 2 nitrogen and oxygen atoms in total. The Balaban J connectivity index is 1.68. The highest BCUT2D eigenvalue weighted by atomic mass is 16.5. The number of nitrogens with one attached hydrogen (secondary N) is 1. The van der Waals surface area contributed by atoms with Gasteiger partial charge >= 0.3 is 0 Å². The van der Waals surface area contributed by atoms with E-state index in [0.29, 0.717) is 6.04 Å². The summed E-state index contributed by atoms with van der Waals surface area (Å²) < 4.78 is 5.77. The van der Waals surface area contributed by atoms with Crippen molar-refractivity contribution in [1.29, 1.82) is 0 Å². The smallest absolute Gasteiger partial charge is 0.0622 e. The van der Waals surface area contributed by atoms with Gasteiger partial charge in [-0.2, -0.15) is 0 Å². The largest absolute Gasteiger partial charge is 0.380 e. The molecular formula is C17H25NO. The second-order valence-electron chi connectivity index (χ2n) is 5.97. The number of likely N-dealkylation sites (N-methyl/N-ethyl adjacent to an activating group) is 1. The summed E-state index contributed by atoms with van der Waals surface area (Å²) in [7, 11) is 2.08. The molecule has 0 spiro atoms. The van der Waals surface area contributed by atoms with Crippen LogP contribution in [-0.2, 0) is 11.2 Å². The van der Waals surface area contributed by atoms with E-state index in [2.05, 4.69) is 43.6 Å². The van der Waals surface area contributed by atoms with Gasteiger partial charge in [-0.05, 0) is 55.2 Å². The summed E-state index contributed by atoms with van der Waals surface area (Å²) in [4.78, 5) is 0. The average Bonchev–Trinajstić information content (AvgIpc) is 3.18. The first-order valence-electron chi connectivity index (χ1n) is 7.69. The Morgan fingerprint density at radius 2 is 2.21 bits per heavy atom. The van der Waals surface area contributed by atoms with Crippen molar-refractivity contribution < 1.29 is 4.74 Å². The molecule has 4 unspecified atom stereocenters. The van der Waals surface area contributed by atoms with Crippen molar-refractivity contribution in [3.05, 3.63) is 35.4 Å². The molecule has 0 saturated heterocycles. The second-order valence-corrected chi connectivity index (χ2v) is 5.97. The van der Waals surface area contributed by atoms with Crippen LogP contribution in [0, 0.1) is 11.8 Å². The molecule has 0 aliphatic heterocycles. The van der Waals surface area contributed by atoms with Gasteiger partial charge in [0.2, 0.25) is 0 Å². The van der Waals surface area contributed by atoms with Gasteiger partial charge in [0.05, 0.1) is 6.61 Å². The molecule has 1 aromatic carbocycles. The van der Waals surface area contributed by atoms with Gasteiger partial charge in [0.1, 0.15) is 0 Å². The Morgan fingerprint density at radius 1 is 1.37 bits per heavy atom. The Kier molecular flexibility index (Phi) is 3.90. The molecular weight excluding hydrogens is 234 g/mol. The Labute approximate surface area is 116 Å². The molecule has 2 heteroatoms. The molecule has 0 heterocycles. The lowest BCUT2D eigenvalue weighted by atomic mass is 9.92. The summed E-state index contributed by atoms with van der Waals surface area (Å²) in [5, 5.41) is 3.49. The molecule has 3 rings (SSSR count). The summed E-state index contributed by atoms with van der Waals surface area (Å²) in [5.74, 6) is 2.45. The second kappa shape index (κ2) is 5.64. The zero-order valence-corrected chi connectivity index (χ0v) is 12.1. The van der Waals surface area contributed by atoms with E-state index in [1.165, 1.54) is 12.8 Å². The first-order valence-corrected chi connectivity index (χ1v) is 7.69. The maximum atomic E-state index is 5.77. The summed E-state index contributed by atoms with van der Waals surface area (Å²) >= 11 is 0. The Bertz CT molecular complexity index is 431. The van der Waals surface area contributed by atoms with Crippen LogP contribution in [0.1, 0.15) is 36.8 Å². The fourth-order valence-electron chi connectivity index (χ4n) is 3.91. The fraction of sp³-hybridized carbons (Fsp3) is 0.647. The lowest BCUT2D eigenvalue weighted by Crippen LogP contribution is -2.33. The van der Waals surface area contributed by atoms with Crippen molar-refractivity contribution in [2.45, 2.75) is 38.1 Å². The van der Waals surface area contributed by atoms with E-state index in [4.69, 9.17) is 4.74 Å². The standard InChI is InChI=1S/C17H25NO/c1-3-10-19-11-15(18-2)17-14-9-8-12-6-4-5-7-13(12)16(14)17/h4-7,14-18H,3,8-11H2,1-2H3. The summed E-state index contributed by atoms with van der Waals surface area (Å²) in [6.45, 7) is 3.92. The molecule has 0 aromatic heterocycles. The molecule has 1 N–H and O–H groups in total. The molecule has 2 aliphatic rings. The highest BCUT2D eigenvalue weighted by Gasteiger charge is 2.55. The molecule has 1 saturated carbocycles. The predicted octanol–water partition coefficient (Wildman–Crippen LogP) is 2.98. The molecule has 2 aliphatic carbocycles. The van der Waals surface area contributed by atoms with E-state index < -0.39 is 0 Å². The number of hydrogen-bond donors (Lipinski definition) is 1. The average molecular weight is 259 g/mol. The van der Waals surface area contributed by atoms with Crippen LogP contribution in [0.5, 0.6) is 0 Å². The van der Waals surface area contributed by atoms with E-state index in [1.54, 1.807) is 11.1 Å². The van der Waals surface area contributed by atoms with Gasteiger partial charge in [-0.1, -0.05) is 31.2 Å². The van der Waals surface area contributed by atoms with Gasteiger partial charge < -0.3 is 10.1 Å². The Morgan fingerprint density at radius 3 is 3.00 bits per heavy atom. The highest BCUT2D eigenvalue weighted by molar-refractivity contribution is 5.40. The van der Waals surface area contributed by atoms with Crippen LogP contribution in [0.25, 0.3) is 0 Å². The van der Waals surface area contributed by atoms with Crippen LogP contribution in [0.2, 0.25) is 0 Å². The molecule has 0 amide bonds. The van der Waals surface area contributed by atoms with Crippen LogP contribution in [0.4, 0.5) is 0 Å². The summed E-state index contributed by atoms with van der Waals surface area (Å²) in [6.07, 6.45) is 3.73. The van der Waals surface area contributed by atoms with Crippen molar-refractivity contribution in [1.82, 2.24) is 5.32 Å². The lowest BCUT2D eigenvalue weighted by Gasteiger charge is -2.16. The number of benzene rings is 1. The van der Waals surface area contributed by atoms with Crippen LogP contribution < -0.4 is 5.32 Å². The first-order chi connectivity index (χ1) is 9.36. The molecule has 19 heavy (non-hydrogen) atoms. The normalized spacial score (nSPS) is 29.5. The monoisotopic (exact) mass is 259 g/mol. The van der Waals surface area contributed by atoms with Gasteiger partial charge in [0.25, 0.3) is 0 Å². The van der Waals surface area contributed by atoms with Crippen LogP contribution >= 0.6 is 0 Å². The number of aryl methyl sites for hydroxylation is 1. The van der Waals surface area contributed by atoms with E-state index in [-0.39, 0.29) is 0 Å². The number of rotatable bonds is 6. The first kappa shape index (κ1) is 13.1. The molecule has 104 valence electrons. The minimum Gasteiger partial charge on any atom is -0.380 e. The van der Waals surface area contributed by atoms with Gasteiger partial charge in [0, 0.05) is 12.6 Å². The molecule has 0 radical (unpaired) electrons. The van der Waals surface area contributed by atoms with E-state index >= 15 is 0 Å². The van der Waals surface area contributed by atoms with Gasteiger partial charge in [-0.15, -0.1) is 0 Å². The van der Waals surface area contributed by atoms with Crippen LogP contribution in [0.3, 0.4) is 0 Å². The van der Waals surface area contributed by atoms with E-state index in [1.807, 2.05) is 0 Å². The van der Waals surface area contributed by atoms with Gasteiger partial charge in [0.15, 0.2) is 0 Å². The van der Waals surface area contributed by atoms with Gasteiger partial charge in [-0.3, -0.25) is 0 Å². The van der Waals surface area contributed by atoms with E-state index in [9.17, 15) is 0 Å². The quantitative estimate of drug-likeness (QED) is 0.793. The molecule has 1 fully saturated rings. The van der Waals surface area contributed by atoms with Crippen molar-refractivity contribution in [2.24, 2.45) is 11.8 Å². The van der Waals surface area contributed by atoms with Crippen molar-refractivity contribution in [2.75, 3.05) is 20.3 Å². The van der Waals surface area contributed by atoms with Crippen LogP contribution in [0.15, 0.2) is 24.3 Å². The number of ether oxygens (including phenoxy) is 1. The molecule has 4 atom stereocenters. The maximum Gasteiger partial charge on any atom is 0.0622 e. The predicted molar refractivity (Wildman–Crippen MR) is 78.4 cm³/mol. The van der Waals surface area contributed by atoms with Crippen molar-refractivity contribution in [3.63, 3.8) is 0 Å². The molecule has 0 bridgehead atoms. The van der Waals surface area contributed by atoms with E-state index in [0.717, 1.165) is 37.4 Å². The zero-order valence-electron chi connectivity index (χ0n) is 12.1. The third kappa shape index (κ3) is 2.44. The van der Waals surface area contributed by atoms with Crippen molar-refractivity contribution >= 4 is 0 Å². The minimum absolute atomic E-state index is 0.521. The van der Waals surface area contributed by atoms with Crippen molar-refractivity contribution in [3.8, 4) is 0 Å². The Hall–Kier alpha value is -0.860.